The van der Waals surface area contributed by atoms with Crippen molar-refractivity contribution < 1.29 is 23.8 Å². The molecule has 184 valence electrons. The molecular weight excluding hydrogens is 445 g/mol. The number of rotatable bonds is 10. The minimum Gasteiger partial charge on any atom is -0.497 e. The Morgan fingerprint density at radius 2 is 1.54 bits per heavy atom. The van der Waals surface area contributed by atoms with Gasteiger partial charge in [0.15, 0.2) is 11.6 Å². The highest BCUT2D eigenvalue weighted by Crippen LogP contribution is 2.40. The summed E-state index contributed by atoms with van der Waals surface area (Å²) in [6.45, 7) is 5.52. The van der Waals surface area contributed by atoms with Crippen LogP contribution in [0.15, 0.2) is 78.9 Å². The van der Waals surface area contributed by atoms with Crippen molar-refractivity contribution in [1.29, 1.82) is 0 Å². The van der Waals surface area contributed by atoms with Crippen LogP contribution in [0.5, 0.6) is 11.5 Å². The van der Waals surface area contributed by atoms with Crippen LogP contribution in [0.3, 0.4) is 0 Å². The van der Waals surface area contributed by atoms with Crippen LogP contribution in [0, 0.1) is 5.82 Å². The number of ether oxygens (including phenoxy) is 2. The zero-order valence-electron chi connectivity index (χ0n) is 20.4. The molecule has 0 bridgehead atoms. The van der Waals surface area contributed by atoms with Gasteiger partial charge in [-0.2, -0.15) is 0 Å². The maximum absolute atomic E-state index is 14.2. The number of hydrogen-bond acceptors (Lipinski definition) is 4. The van der Waals surface area contributed by atoms with E-state index in [1.165, 1.54) is 13.2 Å². The van der Waals surface area contributed by atoms with E-state index in [1.807, 2.05) is 60.7 Å². The van der Waals surface area contributed by atoms with Crippen molar-refractivity contribution in [1.82, 2.24) is 4.90 Å². The van der Waals surface area contributed by atoms with Gasteiger partial charge < -0.3 is 14.6 Å². The molecule has 0 atom stereocenters. The number of benzene rings is 3. The predicted octanol–water partition coefficient (Wildman–Crippen LogP) is 5.53. The summed E-state index contributed by atoms with van der Waals surface area (Å²) in [4.78, 5) is 15.1. The maximum Gasteiger partial charge on any atom is 0.318 e. The Kier molecular flexibility index (Phi) is 7.13. The predicted molar refractivity (Wildman–Crippen MR) is 134 cm³/mol. The maximum atomic E-state index is 14.2. The minimum atomic E-state index is -1.15. The van der Waals surface area contributed by atoms with Gasteiger partial charge in [-0.05, 0) is 49.9 Å². The molecule has 0 unspecified atom stereocenters. The third-order valence-electron chi connectivity index (χ3n) is 7.15. The lowest BCUT2D eigenvalue weighted by molar-refractivity contribution is -0.143. The van der Waals surface area contributed by atoms with Gasteiger partial charge in [0.1, 0.15) is 17.3 Å². The molecule has 1 aliphatic rings. The van der Waals surface area contributed by atoms with Gasteiger partial charge in [-0.3, -0.25) is 9.69 Å². The van der Waals surface area contributed by atoms with E-state index < -0.39 is 17.2 Å². The van der Waals surface area contributed by atoms with Gasteiger partial charge in [0.25, 0.3) is 0 Å². The van der Waals surface area contributed by atoms with Crippen LogP contribution in [-0.2, 0) is 10.2 Å². The van der Waals surface area contributed by atoms with Crippen molar-refractivity contribution in [2.24, 2.45) is 0 Å². The van der Waals surface area contributed by atoms with Crippen LogP contribution in [0.1, 0.15) is 37.8 Å². The van der Waals surface area contributed by atoms with Gasteiger partial charge in [0.05, 0.1) is 7.11 Å². The second kappa shape index (κ2) is 10.1. The SMILES string of the molecule is COc1ccc(F)c(OC2CN(C(C)(C)CCC(C(=O)O)(c3ccccc3)c3ccccc3)C2)c1. The van der Waals surface area contributed by atoms with Crippen LogP contribution in [0.25, 0.3) is 0 Å². The minimum absolute atomic E-state index is 0.136. The molecule has 5 nitrogen and oxygen atoms in total. The largest absolute Gasteiger partial charge is 0.497 e. The normalized spacial score (nSPS) is 14.9. The smallest absolute Gasteiger partial charge is 0.318 e. The van der Waals surface area contributed by atoms with Gasteiger partial charge in [-0.25, -0.2) is 4.39 Å². The molecule has 0 aliphatic carbocycles. The molecule has 1 fully saturated rings. The second-order valence-electron chi connectivity index (χ2n) is 9.70. The molecule has 1 aliphatic heterocycles. The van der Waals surface area contributed by atoms with Gasteiger partial charge in [0, 0.05) is 24.7 Å². The highest BCUT2D eigenvalue weighted by Gasteiger charge is 2.45. The van der Waals surface area contributed by atoms with Crippen molar-refractivity contribution in [3.8, 4) is 11.5 Å². The van der Waals surface area contributed by atoms with Crippen molar-refractivity contribution in [2.75, 3.05) is 20.2 Å². The van der Waals surface area contributed by atoms with Crippen LogP contribution >= 0.6 is 0 Å². The number of hydrogen-bond donors (Lipinski definition) is 1. The summed E-state index contributed by atoms with van der Waals surface area (Å²) in [6.07, 6.45) is 0.961. The third-order valence-corrected chi connectivity index (χ3v) is 7.15. The second-order valence-corrected chi connectivity index (χ2v) is 9.70. The first kappa shape index (κ1) is 24.7. The quantitative estimate of drug-likeness (QED) is 0.416. The molecule has 0 aromatic heterocycles. The number of aliphatic carboxylic acids is 1. The van der Waals surface area contributed by atoms with Crippen molar-refractivity contribution >= 4 is 5.97 Å². The van der Waals surface area contributed by atoms with Crippen LogP contribution < -0.4 is 9.47 Å². The van der Waals surface area contributed by atoms with E-state index in [4.69, 9.17) is 9.47 Å². The lowest BCUT2D eigenvalue weighted by Crippen LogP contribution is -2.62. The Labute approximate surface area is 206 Å². The summed E-state index contributed by atoms with van der Waals surface area (Å²) in [7, 11) is 1.53. The molecule has 1 heterocycles. The van der Waals surface area contributed by atoms with Gasteiger partial charge in [-0.1, -0.05) is 60.7 Å². The highest BCUT2D eigenvalue weighted by atomic mass is 19.1. The van der Waals surface area contributed by atoms with E-state index in [2.05, 4.69) is 18.7 Å². The number of methoxy groups -OCH3 is 1. The van der Waals surface area contributed by atoms with E-state index in [0.717, 1.165) is 11.1 Å². The Morgan fingerprint density at radius 1 is 0.971 bits per heavy atom. The van der Waals surface area contributed by atoms with E-state index in [-0.39, 0.29) is 17.4 Å². The molecule has 6 heteroatoms. The van der Waals surface area contributed by atoms with Gasteiger partial charge >= 0.3 is 5.97 Å². The summed E-state index contributed by atoms with van der Waals surface area (Å²) in [5.41, 5.74) is 0.127. The van der Waals surface area contributed by atoms with E-state index in [1.54, 1.807) is 12.1 Å². The topological polar surface area (TPSA) is 59.0 Å². The van der Waals surface area contributed by atoms with Crippen LogP contribution in [-0.4, -0.2) is 47.8 Å². The molecule has 0 amide bonds. The summed E-state index contributed by atoms with van der Waals surface area (Å²) < 4.78 is 25.2. The summed E-state index contributed by atoms with van der Waals surface area (Å²) in [6, 6.07) is 23.4. The standard InChI is InChI=1S/C29H32FNO4/c1-28(2,31-19-24(20-31)35-26-18-23(34-3)14-15-25(26)30)16-17-29(27(32)33,21-10-6-4-7-11-21)22-12-8-5-9-13-22/h4-15,18,24H,16-17,19-20H2,1-3H3,(H,32,33). The summed E-state index contributed by atoms with van der Waals surface area (Å²) >= 11 is 0. The van der Waals surface area contributed by atoms with E-state index in [9.17, 15) is 14.3 Å². The molecule has 0 saturated carbocycles. The number of carbonyl (C=O) groups is 1. The number of carboxylic acid groups (broad SMARTS) is 1. The Bertz CT molecular complexity index is 1100. The summed E-state index contributed by atoms with van der Waals surface area (Å²) in [5.74, 6) is -0.543. The molecule has 4 rings (SSSR count). The molecular formula is C29H32FNO4. The first-order valence-electron chi connectivity index (χ1n) is 11.9. The fourth-order valence-electron chi connectivity index (χ4n) is 4.79. The van der Waals surface area contributed by atoms with Crippen LogP contribution in [0.2, 0.25) is 0 Å². The van der Waals surface area contributed by atoms with Crippen molar-refractivity contribution in [3.63, 3.8) is 0 Å². The average Bonchev–Trinajstić information content (AvgIpc) is 2.83. The number of nitrogens with zero attached hydrogens (tertiary/aromatic N) is 1. The first-order valence-corrected chi connectivity index (χ1v) is 11.9. The zero-order valence-corrected chi connectivity index (χ0v) is 20.4. The molecule has 1 saturated heterocycles. The van der Waals surface area contributed by atoms with Crippen molar-refractivity contribution in [3.05, 3.63) is 95.8 Å². The Hall–Kier alpha value is -3.38. The lowest BCUT2D eigenvalue weighted by Gasteiger charge is -2.49. The number of carboxylic acids is 1. The van der Waals surface area contributed by atoms with Gasteiger partial charge in [-0.15, -0.1) is 0 Å². The molecule has 3 aromatic rings. The first-order chi connectivity index (χ1) is 16.8. The molecule has 3 aromatic carbocycles. The van der Waals surface area contributed by atoms with Crippen molar-refractivity contribution in [2.45, 2.75) is 43.7 Å². The third kappa shape index (κ3) is 5.03. The molecule has 1 N–H and O–H groups in total. The Morgan fingerprint density at radius 3 is 2.06 bits per heavy atom. The fraction of sp³-hybridized carbons (Fsp3) is 0.345. The average molecular weight is 478 g/mol. The monoisotopic (exact) mass is 477 g/mol. The zero-order chi connectivity index (χ0) is 25.1. The number of likely N-dealkylation sites (tertiary alicyclic amines) is 1. The number of halogens is 1. The Balaban J connectivity index is 1.48. The highest BCUT2D eigenvalue weighted by molar-refractivity contribution is 5.86. The van der Waals surface area contributed by atoms with E-state index in [0.29, 0.717) is 31.7 Å². The fourth-order valence-corrected chi connectivity index (χ4v) is 4.79. The lowest BCUT2D eigenvalue weighted by atomic mass is 9.69. The van der Waals surface area contributed by atoms with Gasteiger partial charge in [0.2, 0.25) is 0 Å². The summed E-state index contributed by atoms with van der Waals surface area (Å²) in [5, 5.41) is 10.5. The van der Waals surface area contributed by atoms with E-state index >= 15 is 0 Å². The molecule has 35 heavy (non-hydrogen) atoms. The molecule has 0 spiro atoms. The molecule has 0 radical (unpaired) electrons. The van der Waals surface area contributed by atoms with Crippen LogP contribution in [0.4, 0.5) is 4.39 Å².